The van der Waals surface area contributed by atoms with Crippen molar-refractivity contribution in [1.82, 2.24) is 0 Å². The molecule has 0 aromatic carbocycles. The zero-order valence-electron chi connectivity index (χ0n) is 10.4. The van der Waals surface area contributed by atoms with Gasteiger partial charge in [0.15, 0.2) is 9.84 Å². The highest BCUT2D eigenvalue weighted by molar-refractivity contribution is 7.92. The zero-order chi connectivity index (χ0) is 13.1. The van der Waals surface area contributed by atoms with E-state index in [0.29, 0.717) is 25.9 Å². The Kier molecular flexibility index (Phi) is 4.55. The van der Waals surface area contributed by atoms with Crippen LogP contribution in [0.1, 0.15) is 33.1 Å². The van der Waals surface area contributed by atoms with Crippen LogP contribution in [0.2, 0.25) is 0 Å². The van der Waals surface area contributed by atoms with Gasteiger partial charge in [-0.1, -0.05) is 6.92 Å². The highest BCUT2D eigenvalue weighted by Crippen LogP contribution is 2.41. The van der Waals surface area contributed by atoms with Crippen molar-refractivity contribution in [2.45, 2.75) is 38.4 Å². The van der Waals surface area contributed by atoms with Gasteiger partial charge in [0.2, 0.25) is 0 Å². The average Bonchev–Trinajstić information content (AvgIpc) is 2.75. The first-order valence-electron chi connectivity index (χ1n) is 6.00. The summed E-state index contributed by atoms with van der Waals surface area (Å²) in [6.45, 7) is 3.81. The second-order valence-corrected chi connectivity index (χ2v) is 7.09. The summed E-state index contributed by atoms with van der Waals surface area (Å²) >= 11 is 0. The Bertz CT molecular complexity index is 379. The summed E-state index contributed by atoms with van der Waals surface area (Å²) in [6.07, 6.45) is 1.32. The third-order valence-electron chi connectivity index (χ3n) is 3.57. The van der Waals surface area contributed by atoms with Crippen molar-refractivity contribution in [2.75, 3.05) is 18.9 Å². The first-order valence-corrected chi connectivity index (χ1v) is 7.72. The molecule has 5 nitrogen and oxygen atoms in total. The molecular weight excluding hydrogens is 242 g/mol. The molecule has 0 aromatic rings. The van der Waals surface area contributed by atoms with Crippen LogP contribution in [0.5, 0.6) is 0 Å². The van der Waals surface area contributed by atoms with Gasteiger partial charge in [-0.15, -0.1) is 0 Å². The lowest BCUT2D eigenvalue weighted by Gasteiger charge is -2.24. The Morgan fingerprint density at radius 2 is 2.12 bits per heavy atom. The maximum Gasteiger partial charge on any atom is 0.313 e. The molecule has 6 heteroatoms. The quantitative estimate of drug-likeness (QED) is 0.729. The molecule has 0 unspecified atom stereocenters. The molecule has 0 bridgehead atoms. The largest absolute Gasteiger partial charge is 0.466 e. The van der Waals surface area contributed by atoms with Gasteiger partial charge < -0.3 is 10.5 Å². The van der Waals surface area contributed by atoms with Gasteiger partial charge in [-0.3, -0.25) is 4.79 Å². The van der Waals surface area contributed by atoms with Gasteiger partial charge >= 0.3 is 5.97 Å². The Hall–Kier alpha value is -0.620. The van der Waals surface area contributed by atoms with Gasteiger partial charge in [0.25, 0.3) is 0 Å². The molecule has 17 heavy (non-hydrogen) atoms. The molecule has 0 radical (unpaired) electrons. The van der Waals surface area contributed by atoms with E-state index in [2.05, 4.69) is 0 Å². The Morgan fingerprint density at radius 1 is 1.47 bits per heavy atom. The summed E-state index contributed by atoms with van der Waals surface area (Å²) in [7, 11) is -3.09. The van der Waals surface area contributed by atoms with Crippen LogP contribution in [-0.4, -0.2) is 38.5 Å². The predicted octanol–water partition coefficient (Wildman–Crippen LogP) is 0.482. The molecule has 0 spiro atoms. The predicted molar refractivity (Wildman–Crippen MR) is 65.2 cm³/mol. The van der Waals surface area contributed by atoms with Gasteiger partial charge in [-0.05, 0) is 26.2 Å². The molecule has 0 heterocycles. The molecule has 1 saturated carbocycles. The van der Waals surface area contributed by atoms with Crippen molar-refractivity contribution in [1.29, 1.82) is 0 Å². The number of ether oxygens (including phenoxy) is 1. The van der Waals surface area contributed by atoms with E-state index in [9.17, 15) is 13.2 Å². The SMILES string of the molecule is CCOC(=O)[C@@]1(CN)CC[C@@H](S(=O)(=O)CC)C1. The van der Waals surface area contributed by atoms with Gasteiger partial charge in [-0.25, -0.2) is 8.42 Å². The fraction of sp³-hybridized carbons (Fsp3) is 0.909. The van der Waals surface area contributed by atoms with E-state index in [0.717, 1.165) is 0 Å². The number of carbonyl (C=O) groups is 1. The van der Waals surface area contributed by atoms with E-state index in [4.69, 9.17) is 10.5 Å². The van der Waals surface area contributed by atoms with Crippen LogP contribution in [0.25, 0.3) is 0 Å². The molecule has 0 amide bonds. The van der Waals surface area contributed by atoms with E-state index < -0.39 is 20.5 Å². The lowest BCUT2D eigenvalue weighted by Crippen LogP contribution is -2.39. The van der Waals surface area contributed by atoms with E-state index >= 15 is 0 Å². The number of carbonyl (C=O) groups excluding carboxylic acids is 1. The van der Waals surface area contributed by atoms with Gasteiger partial charge in [0, 0.05) is 12.3 Å². The van der Waals surface area contributed by atoms with Crippen LogP contribution in [-0.2, 0) is 19.4 Å². The maximum atomic E-state index is 11.9. The summed E-state index contributed by atoms with van der Waals surface area (Å²) in [5.41, 5.74) is 4.86. The van der Waals surface area contributed by atoms with Crippen molar-refractivity contribution in [3.05, 3.63) is 0 Å². The standard InChI is InChI=1S/C11H21NO4S/c1-3-16-10(13)11(8-12)6-5-9(7-11)17(14,15)4-2/h9H,3-8,12H2,1-2H3/t9-,11+/m1/s1. The number of rotatable bonds is 5. The molecule has 100 valence electrons. The fourth-order valence-electron chi connectivity index (χ4n) is 2.36. The number of hydrogen-bond donors (Lipinski definition) is 1. The Balaban J connectivity index is 2.84. The minimum absolute atomic E-state index is 0.112. The second-order valence-electron chi connectivity index (χ2n) is 4.52. The topological polar surface area (TPSA) is 86.5 Å². The number of hydrogen-bond acceptors (Lipinski definition) is 5. The molecular formula is C11H21NO4S. The smallest absolute Gasteiger partial charge is 0.313 e. The summed E-state index contributed by atoms with van der Waals surface area (Å²) in [5.74, 6) is -0.238. The number of nitrogens with two attached hydrogens (primary N) is 1. The van der Waals surface area contributed by atoms with Crippen molar-refractivity contribution in [2.24, 2.45) is 11.1 Å². The van der Waals surface area contributed by atoms with E-state index in [1.807, 2.05) is 0 Å². The molecule has 0 saturated heterocycles. The highest BCUT2D eigenvalue weighted by atomic mass is 32.2. The van der Waals surface area contributed by atoms with Crippen molar-refractivity contribution >= 4 is 15.8 Å². The molecule has 1 fully saturated rings. The molecule has 0 aromatic heterocycles. The third-order valence-corrected chi connectivity index (χ3v) is 5.80. The van der Waals surface area contributed by atoms with Crippen molar-refractivity contribution < 1.29 is 17.9 Å². The van der Waals surface area contributed by atoms with E-state index in [-0.39, 0.29) is 18.3 Å². The number of sulfone groups is 1. The molecule has 1 aliphatic rings. The molecule has 2 N–H and O–H groups in total. The van der Waals surface area contributed by atoms with Gasteiger partial charge in [-0.2, -0.15) is 0 Å². The average molecular weight is 263 g/mol. The highest BCUT2D eigenvalue weighted by Gasteiger charge is 2.48. The first-order chi connectivity index (χ1) is 7.91. The van der Waals surface area contributed by atoms with Gasteiger partial charge in [0.05, 0.1) is 17.3 Å². The molecule has 0 aliphatic heterocycles. The van der Waals surface area contributed by atoms with Crippen LogP contribution < -0.4 is 5.73 Å². The first kappa shape index (κ1) is 14.4. The maximum absolute atomic E-state index is 11.9. The number of esters is 1. The summed E-state index contributed by atoms with van der Waals surface area (Å²) in [5, 5.41) is -0.444. The fourth-order valence-corrected chi connectivity index (χ4v) is 3.88. The van der Waals surface area contributed by atoms with Crippen LogP contribution in [0.15, 0.2) is 0 Å². The van der Waals surface area contributed by atoms with Crippen LogP contribution in [0, 0.1) is 5.41 Å². The Labute approximate surface area is 103 Å². The minimum atomic E-state index is -3.09. The van der Waals surface area contributed by atoms with Crippen molar-refractivity contribution in [3.8, 4) is 0 Å². The monoisotopic (exact) mass is 263 g/mol. The van der Waals surface area contributed by atoms with Crippen LogP contribution in [0.3, 0.4) is 0 Å². The van der Waals surface area contributed by atoms with Crippen LogP contribution >= 0.6 is 0 Å². The summed E-state index contributed by atoms with van der Waals surface area (Å²) in [4.78, 5) is 11.9. The normalized spacial score (nSPS) is 29.2. The lowest BCUT2D eigenvalue weighted by atomic mass is 9.86. The Morgan fingerprint density at radius 3 is 2.59 bits per heavy atom. The minimum Gasteiger partial charge on any atom is -0.466 e. The van der Waals surface area contributed by atoms with E-state index in [1.54, 1.807) is 13.8 Å². The second kappa shape index (κ2) is 5.35. The van der Waals surface area contributed by atoms with Crippen molar-refractivity contribution in [3.63, 3.8) is 0 Å². The zero-order valence-corrected chi connectivity index (χ0v) is 11.3. The molecule has 1 aliphatic carbocycles. The molecule has 1 rings (SSSR count). The summed E-state index contributed by atoms with van der Waals surface area (Å²) < 4.78 is 28.6. The van der Waals surface area contributed by atoms with Gasteiger partial charge in [0.1, 0.15) is 0 Å². The van der Waals surface area contributed by atoms with E-state index in [1.165, 1.54) is 0 Å². The summed E-state index contributed by atoms with van der Waals surface area (Å²) in [6, 6.07) is 0. The lowest BCUT2D eigenvalue weighted by molar-refractivity contribution is -0.154. The third kappa shape index (κ3) is 2.80. The van der Waals surface area contributed by atoms with Crippen LogP contribution in [0.4, 0.5) is 0 Å². The molecule has 2 atom stereocenters.